The molecule has 136 valence electrons. The summed E-state index contributed by atoms with van der Waals surface area (Å²) >= 11 is 6.09. The van der Waals surface area contributed by atoms with Gasteiger partial charge < -0.3 is 14.6 Å². The summed E-state index contributed by atoms with van der Waals surface area (Å²) in [5.41, 5.74) is -0.223. The van der Waals surface area contributed by atoms with Crippen LogP contribution in [0.4, 0.5) is 10.5 Å². The molecule has 1 unspecified atom stereocenters. The van der Waals surface area contributed by atoms with Gasteiger partial charge in [-0.25, -0.2) is 9.59 Å². The number of aliphatic carboxylic acids is 1. The summed E-state index contributed by atoms with van der Waals surface area (Å²) < 4.78 is 11.3. The highest BCUT2D eigenvalue weighted by molar-refractivity contribution is 6.31. The Balaban J connectivity index is 2.24. The summed E-state index contributed by atoms with van der Waals surface area (Å²) in [5.74, 6) is -0.536. The van der Waals surface area contributed by atoms with E-state index in [1.165, 1.54) is 6.07 Å². The number of rotatable bonds is 1. The maximum Gasteiger partial charge on any atom is 0.416 e. The molecule has 0 bridgehead atoms. The third-order valence-corrected chi connectivity index (χ3v) is 3.93. The van der Waals surface area contributed by atoms with Crippen LogP contribution in [0.15, 0.2) is 42.5 Å². The molecule has 2 aromatic carbocycles. The smallest absolute Gasteiger partial charge is 0.416 e. The van der Waals surface area contributed by atoms with Crippen molar-refractivity contribution in [3.8, 4) is 11.5 Å². The number of nitrogens with zero attached hydrogens (tertiary/aromatic N) is 1. The van der Waals surface area contributed by atoms with Gasteiger partial charge in [-0.05, 0) is 45.0 Å². The lowest BCUT2D eigenvalue weighted by molar-refractivity contribution is -0.138. The van der Waals surface area contributed by atoms with Crippen LogP contribution in [0.2, 0.25) is 5.02 Å². The second kappa shape index (κ2) is 6.53. The molecule has 1 aliphatic rings. The van der Waals surface area contributed by atoms with Gasteiger partial charge in [0.15, 0.2) is 11.8 Å². The van der Waals surface area contributed by atoms with Crippen LogP contribution < -0.4 is 9.64 Å². The number of para-hydroxylation sites is 1. The molecule has 0 aliphatic carbocycles. The molecule has 0 fully saturated rings. The molecule has 0 saturated carbocycles. The normalized spacial score (nSPS) is 16.0. The fraction of sp³-hybridized carbons (Fsp3) is 0.263. The Kier molecular flexibility index (Phi) is 4.54. The van der Waals surface area contributed by atoms with Crippen LogP contribution in [0.3, 0.4) is 0 Å². The van der Waals surface area contributed by atoms with Crippen LogP contribution in [-0.2, 0) is 9.53 Å². The minimum absolute atomic E-state index is 0.232. The number of benzene rings is 2. The molecule has 2 aromatic rings. The Morgan fingerprint density at radius 3 is 2.50 bits per heavy atom. The minimum atomic E-state index is -1.32. The molecule has 1 heterocycles. The quantitative estimate of drug-likeness (QED) is 0.757. The van der Waals surface area contributed by atoms with Crippen molar-refractivity contribution in [3.63, 3.8) is 0 Å². The number of fused-ring (bicyclic) bond motifs is 2. The van der Waals surface area contributed by atoms with E-state index in [9.17, 15) is 14.7 Å². The van der Waals surface area contributed by atoms with E-state index in [4.69, 9.17) is 21.1 Å². The number of hydrogen-bond acceptors (Lipinski definition) is 4. The monoisotopic (exact) mass is 375 g/mol. The first-order valence-electron chi connectivity index (χ1n) is 7.99. The van der Waals surface area contributed by atoms with E-state index >= 15 is 0 Å². The number of carboxylic acid groups (broad SMARTS) is 1. The highest BCUT2D eigenvalue weighted by Gasteiger charge is 2.40. The highest BCUT2D eigenvalue weighted by atomic mass is 35.5. The molecule has 0 radical (unpaired) electrons. The number of amides is 1. The zero-order valence-electron chi connectivity index (χ0n) is 14.5. The molecule has 26 heavy (non-hydrogen) atoms. The lowest BCUT2D eigenvalue weighted by atomic mass is 10.0. The Bertz CT molecular complexity index is 874. The van der Waals surface area contributed by atoms with Gasteiger partial charge in [0, 0.05) is 10.6 Å². The zero-order valence-corrected chi connectivity index (χ0v) is 15.3. The summed E-state index contributed by atoms with van der Waals surface area (Å²) in [6.45, 7) is 5.13. The first-order chi connectivity index (χ1) is 12.2. The minimum Gasteiger partial charge on any atom is -0.479 e. The molecule has 1 N–H and O–H groups in total. The van der Waals surface area contributed by atoms with Crippen LogP contribution >= 0.6 is 11.6 Å². The van der Waals surface area contributed by atoms with E-state index in [2.05, 4.69) is 0 Å². The van der Waals surface area contributed by atoms with Gasteiger partial charge >= 0.3 is 12.1 Å². The summed E-state index contributed by atoms with van der Waals surface area (Å²) in [6.07, 6.45) is -0.797. The van der Waals surface area contributed by atoms with E-state index in [-0.39, 0.29) is 5.69 Å². The molecule has 7 heteroatoms. The van der Waals surface area contributed by atoms with Crippen LogP contribution in [0.5, 0.6) is 11.5 Å². The number of hydrogen-bond donors (Lipinski definition) is 1. The van der Waals surface area contributed by atoms with Gasteiger partial charge in [0.05, 0.1) is 5.69 Å². The van der Waals surface area contributed by atoms with Gasteiger partial charge in [0.2, 0.25) is 0 Å². The van der Waals surface area contributed by atoms with Gasteiger partial charge in [-0.1, -0.05) is 29.8 Å². The number of ether oxygens (including phenoxy) is 2. The van der Waals surface area contributed by atoms with E-state index in [0.717, 1.165) is 4.90 Å². The van der Waals surface area contributed by atoms with Crippen LogP contribution in [-0.4, -0.2) is 22.8 Å². The number of anilines is 1. The van der Waals surface area contributed by atoms with Gasteiger partial charge in [-0.2, -0.15) is 0 Å². The summed E-state index contributed by atoms with van der Waals surface area (Å²) in [4.78, 5) is 26.1. The average Bonchev–Trinajstić information content (AvgIpc) is 2.67. The summed E-state index contributed by atoms with van der Waals surface area (Å²) in [5, 5.41) is 10.2. The van der Waals surface area contributed by atoms with Gasteiger partial charge in [0.1, 0.15) is 11.4 Å². The van der Waals surface area contributed by atoms with Crippen molar-refractivity contribution in [1.29, 1.82) is 0 Å². The fourth-order valence-corrected chi connectivity index (χ4v) is 2.89. The predicted octanol–water partition coefficient (Wildman–Crippen LogP) is 5.01. The molecule has 3 rings (SSSR count). The van der Waals surface area contributed by atoms with Crippen molar-refractivity contribution in [1.82, 2.24) is 0 Å². The van der Waals surface area contributed by atoms with Crippen molar-refractivity contribution >= 4 is 29.4 Å². The zero-order chi connectivity index (χ0) is 19.1. The van der Waals surface area contributed by atoms with Crippen LogP contribution in [0.1, 0.15) is 32.4 Å². The maximum absolute atomic E-state index is 12.9. The lowest BCUT2D eigenvalue weighted by Gasteiger charge is -2.30. The summed E-state index contributed by atoms with van der Waals surface area (Å²) in [7, 11) is 0. The molecule has 6 nitrogen and oxygen atoms in total. The third-order valence-electron chi connectivity index (χ3n) is 3.70. The molecule has 1 amide bonds. The van der Waals surface area contributed by atoms with Crippen LogP contribution in [0.25, 0.3) is 0 Å². The van der Waals surface area contributed by atoms with E-state index in [1.807, 2.05) is 0 Å². The Hall–Kier alpha value is -2.73. The molecule has 0 saturated heterocycles. The van der Waals surface area contributed by atoms with Crippen molar-refractivity contribution in [2.75, 3.05) is 4.90 Å². The standard InChI is InChI=1S/C19H18ClNO5/c1-19(2,3)26-18(24)21-13-10-11(20)8-9-15(13)25-14-7-5-4-6-12(14)16(21)17(22)23/h4-10,16H,1-3H3,(H,22,23). The molecule has 1 atom stereocenters. The molecular weight excluding hydrogens is 358 g/mol. The number of carbonyl (C=O) groups excluding carboxylic acids is 1. The van der Waals surface area contributed by atoms with E-state index < -0.39 is 23.7 Å². The second-order valence-corrected chi connectivity index (χ2v) is 7.28. The first kappa shape index (κ1) is 18.1. The topological polar surface area (TPSA) is 76.1 Å². The van der Waals surface area contributed by atoms with Gasteiger partial charge in [0.25, 0.3) is 0 Å². The largest absolute Gasteiger partial charge is 0.479 e. The van der Waals surface area contributed by atoms with Crippen molar-refractivity contribution in [2.24, 2.45) is 0 Å². The number of halogens is 1. The number of carboxylic acids is 1. The van der Waals surface area contributed by atoms with Crippen LogP contribution in [0, 0.1) is 0 Å². The van der Waals surface area contributed by atoms with E-state index in [0.29, 0.717) is 22.1 Å². The van der Waals surface area contributed by atoms with E-state index in [1.54, 1.807) is 57.2 Å². The molecular formula is C19H18ClNO5. The Morgan fingerprint density at radius 1 is 1.15 bits per heavy atom. The van der Waals surface area contributed by atoms with Crippen molar-refractivity contribution < 1.29 is 24.2 Å². The predicted molar refractivity (Wildman–Crippen MR) is 97.1 cm³/mol. The Labute approximate surface area is 155 Å². The Morgan fingerprint density at radius 2 is 1.85 bits per heavy atom. The van der Waals surface area contributed by atoms with Crippen molar-refractivity contribution in [3.05, 3.63) is 53.1 Å². The average molecular weight is 376 g/mol. The van der Waals surface area contributed by atoms with Gasteiger partial charge in [-0.15, -0.1) is 0 Å². The molecule has 0 aromatic heterocycles. The van der Waals surface area contributed by atoms with Crippen molar-refractivity contribution in [2.45, 2.75) is 32.4 Å². The summed E-state index contributed by atoms with van der Waals surface area (Å²) in [6, 6.07) is 10.1. The fourth-order valence-electron chi connectivity index (χ4n) is 2.72. The maximum atomic E-state index is 12.9. The highest BCUT2D eigenvalue weighted by Crippen LogP contribution is 2.45. The SMILES string of the molecule is CC(C)(C)OC(=O)N1c2cc(Cl)ccc2Oc2ccccc2C1C(=O)O. The second-order valence-electron chi connectivity index (χ2n) is 6.84. The van der Waals surface area contributed by atoms with Gasteiger partial charge in [-0.3, -0.25) is 4.90 Å². The molecule has 1 aliphatic heterocycles. The molecule has 0 spiro atoms. The number of carbonyl (C=O) groups is 2. The first-order valence-corrected chi connectivity index (χ1v) is 8.36. The third kappa shape index (κ3) is 3.46. The lowest BCUT2D eigenvalue weighted by Crippen LogP contribution is -2.42.